The van der Waals surface area contributed by atoms with Crippen molar-refractivity contribution in [3.8, 4) is 12.3 Å². The maximum absolute atomic E-state index is 5.05. The molecule has 0 aliphatic carbocycles. The van der Waals surface area contributed by atoms with Crippen molar-refractivity contribution in [1.82, 2.24) is 4.98 Å². The highest BCUT2D eigenvalue weighted by Crippen LogP contribution is 2.18. The fourth-order valence-corrected chi connectivity index (χ4v) is 1.70. The maximum atomic E-state index is 5.05. The Labute approximate surface area is 62.5 Å². The first-order valence-corrected chi connectivity index (χ1v) is 4.26. The van der Waals surface area contributed by atoms with Gasteiger partial charge in [0.1, 0.15) is 0 Å². The first-order valence-electron chi connectivity index (χ1n) is 2.39. The molecule has 0 unspecified atom stereocenters. The van der Waals surface area contributed by atoms with Gasteiger partial charge in [-0.25, -0.2) is 4.98 Å². The Morgan fingerprint density at radius 1 is 1.89 bits per heavy atom. The van der Waals surface area contributed by atoms with Gasteiger partial charge in [0.15, 0.2) is 4.34 Å². The van der Waals surface area contributed by atoms with Crippen molar-refractivity contribution in [3.05, 3.63) is 11.6 Å². The van der Waals surface area contributed by atoms with Gasteiger partial charge in [-0.05, 0) is 0 Å². The summed E-state index contributed by atoms with van der Waals surface area (Å²) in [6.07, 6.45) is 6.83. The van der Waals surface area contributed by atoms with Gasteiger partial charge in [-0.15, -0.1) is 17.8 Å². The summed E-state index contributed by atoms with van der Waals surface area (Å²) in [4.78, 5) is 4.04. The van der Waals surface area contributed by atoms with E-state index in [4.69, 9.17) is 6.42 Å². The smallest absolute Gasteiger partial charge is 0.150 e. The van der Waals surface area contributed by atoms with Crippen molar-refractivity contribution in [3.63, 3.8) is 0 Å². The average molecular weight is 155 g/mol. The quantitative estimate of drug-likeness (QED) is 0.477. The molecule has 1 aromatic heterocycles. The van der Waals surface area contributed by atoms with E-state index in [1.54, 1.807) is 29.3 Å². The lowest BCUT2D eigenvalue weighted by molar-refractivity contribution is 1.25. The number of hydrogen-bond acceptors (Lipinski definition) is 3. The topological polar surface area (TPSA) is 12.9 Å². The zero-order valence-electron chi connectivity index (χ0n) is 4.70. The van der Waals surface area contributed by atoms with Crippen LogP contribution in [-0.2, 0) is 0 Å². The van der Waals surface area contributed by atoms with Crippen LogP contribution in [0.5, 0.6) is 0 Å². The first kappa shape index (κ1) is 6.66. The Hall–Kier alpha value is -0.460. The minimum absolute atomic E-state index is 0.716. The SMILES string of the molecule is C#CCSc1nccs1. The third kappa shape index (κ3) is 2.08. The van der Waals surface area contributed by atoms with E-state index in [2.05, 4.69) is 10.9 Å². The van der Waals surface area contributed by atoms with Crippen LogP contribution in [0, 0.1) is 12.3 Å². The lowest BCUT2D eigenvalue weighted by Gasteiger charge is -1.84. The van der Waals surface area contributed by atoms with Gasteiger partial charge in [-0.1, -0.05) is 17.7 Å². The number of aromatic nitrogens is 1. The van der Waals surface area contributed by atoms with Crippen LogP contribution in [0.15, 0.2) is 15.9 Å². The van der Waals surface area contributed by atoms with E-state index in [0.29, 0.717) is 5.75 Å². The van der Waals surface area contributed by atoms with Crippen molar-refractivity contribution in [2.45, 2.75) is 4.34 Å². The average Bonchev–Trinajstić information content (AvgIpc) is 2.34. The number of thiazole rings is 1. The van der Waals surface area contributed by atoms with Gasteiger partial charge in [0.25, 0.3) is 0 Å². The highest BCUT2D eigenvalue weighted by atomic mass is 32.2. The number of nitrogens with zero attached hydrogens (tertiary/aromatic N) is 1. The molecule has 1 heterocycles. The fourth-order valence-electron chi connectivity index (χ4n) is 0.385. The second-order valence-corrected chi connectivity index (χ2v) is 3.41. The molecule has 0 aromatic carbocycles. The second kappa shape index (κ2) is 3.54. The molecule has 3 heteroatoms. The number of terminal acetylenes is 1. The predicted molar refractivity (Wildman–Crippen MR) is 41.7 cm³/mol. The lowest BCUT2D eigenvalue weighted by Crippen LogP contribution is -1.68. The highest BCUT2D eigenvalue weighted by molar-refractivity contribution is 8.01. The van der Waals surface area contributed by atoms with E-state index in [-0.39, 0.29) is 0 Å². The minimum Gasteiger partial charge on any atom is -0.238 e. The van der Waals surface area contributed by atoms with Crippen LogP contribution < -0.4 is 0 Å². The summed E-state index contributed by atoms with van der Waals surface area (Å²) in [5.41, 5.74) is 0. The van der Waals surface area contributed by atoms with E-state index >= 15 is 0 Å². The van der Waals surface area contributed by atoms with Crippen molar-refractivity contribution >= 4 is 23.1 Å². The molecule has 1 rings (SSSR count). The predicted octanol–water partition coefficient (Wildman–Crippen LogP) is 1.87. The fraction of sp³-hybridized carbons (Fsp3) is 0.167. The van der Waals surface area contributed by atoms with Gasteiger partial charge in [-0.2, -0.15) is 0 Å². The summed E-state index contributed by atoms with van der Waals surface area (Å²) in [6, 6.07) is 0. The number of thioether (sulfide) groups is 1. The normalized spacial score (nSPS) is 8.78. The van der Waals surface area contributed by atoms with Crippen molar-refractivity contribution in [2.24, 2.45) is 0 Å². The van der Waals surface area contributed by atoms with E-state index < -0.39 is 0 Å². The van der Waals surface area contributed by atoms with E-state index in [1.165, 1.54) is 0 Å². The van der Waals surface area contributed by atoms with Gasteiger partial charge in [0, 0.05) is 11.6 Å². The van der Waals surface area contributed by atoms with Gasteiger partial charge in [0.2, 0.25) is 0 Å². The van der Waals surface area contributed by atoms with Crippen LogP contribution in [0.4, 0.5) is 0 Å². The molecule has 9 heavy (non-hydrogen) atoms. The Bertz CT molecular complexity index is 197. The summed E-state index contributed by atoms with van der Waals surface area (Å²) in [5.74, 6) is 3.25. The van der Waals surface area contributed by atoms with Gasteiger partial charge in [-0.3, -0.25) is 0 Å². The Kier molecular flexibility index (Phi) is 2.62. The van der Waals surface area contributed by atoms with Gasteiger partial charge in [0.05, 0.1) is 5.75 Å². The van der Waals surface area contributed by atoms with Crippen LogP contribution in [0.1, 0.15) is 0 Å². The molecule has 0 amide bonds. The zero-order chi connectivity index (χ0) is 6.53. The van der Waals surface area contributed by atoms with Crippen molar-refractivity contribution in [1.29, 1.82) is 0 Å². The molecule has 0 bridgehead atoms. The summed E-state index contributed by atoms with van der Waals surface area (Å²) >= 11 is 3.22. The lowest BCUT2D eigenvalue weighted by atomic mass is 10.8. The summed E-state index contributed by atoms with van der Waals surface area (Å²) in [6.45, 7) is 0. The van der Waals surface area contributed by atoms with Crippen LogP contribution in [0.2, 0.25) is 0 Å². The summed E-state index contributed by atoms with van der Waals surface area (Å²) in [7, 11) is 0. The van der Waals surface area contributed by atoms with Crippen LogP contribution in [0.3, 0.4) is 0 Å². The Morgan fingerprint density at radius 2 is 2.78 bits per heavy atom. The van der Waals surface area contributed by atoms with E-state index in [0.717, 1.165) is 4.34 Å². The molecule has 1 aromatic rings. The van der Waals surface area contributed by atoms with Crippen LogP contribution >= 0.6 is 23.1 Å². The molecule has 0 fully saturated rings. The number of rotatable bonds is 2. The minimum atomic E-state index is 0.716. The Balaban J connectivity index is 2.41. The molecule has 0 atom stereocenters. The van der Waals surface area contributed by atoms with E-state index in [1.807, 2.05) is 5.38 Å². The van der Waals surface area contributed by atoms with Crippen molar-refractivity contribution < 1.29 is 0 Å². The summed E-state index contributed by atoms with van der Waals surface area (Å²) < 4.78 is 1.05. The standard InChI is InChI=1S/C6H5NS2/c1-2-4-8-6-7-3-5-9-6/h1,3,5H,4H2. The first-order chi connectivity index (χ1) is 4.43. The molecule has 0 saturated heterocycles. The molecule has 0 spiro atoms. The molecular formula is C6H5NS2. The monoisotopic (exact) mass is 155 g/mol. The third-order valence-electron chi connectivity index (χ3n) is 0.689. The van der Waals surface area contributed by atoms with Gasteiger partial charge < -0.3 is 0 Å². The molecular weight excluding hydrogens is 150 g/mol. The molecule has 0 N–H and O–H groups in total. The van der Waals surface area contributed by atoms with Crippen LogP contribution in [-0.4, -0.2) is 10.7 Å². The second-order valence-electron chi connectivity index (χ2n) is 1.29. The molecule has 0 saturated carbocycles. The highest BCUT2D eigenvalue weighted by Gasteiger charge is 1.90. The third-order valence-corrected chi connectivity index (χ3v) is 2.56. The van der Waals surface area contributed by atoms with Crippen LogP contribution in [0.25, 0.3) is 0 Å². The molecule has 0 radical (unpaired) electrons. The van der Waals surface area contributed by atoms with Crippen molar-refractivity contribution in [2.75, 3.05) is 5.75 Å². The largest absolute Gasteiger partial charge is 0.238 e. The molecule has 1 nitrogen and oxygen atoms in total. The maximum Gasteiger partial charge on any atom is 0.150 e. The van der Waals surface area contributed by atoms with Gasteiger partial charge >= 0.3 is 0 Å². The molecule has 46 valence electrons. The summed E-state index contributed by atoms with van der Waals surface area (Å²) in [5, 5.41) is 1.94. The van der Waals surface area contributed by atoms with E-state index in [9.17, 15) is 0 Å². The molecule has 0 aliphatic rings. The number of hydrogen-bond donors (Lipinski definition) is 0. The Morgan fingerprint density at radius 3 is 3.33 bits per heavy atom. The molecule has 0 aliphatic heterocycles. The zero-order valence-corrected chi connectivity index (χ0v) is 6.34.